The van der Waals surface area contributed by atoms with Crippen LogP contribution in [0, 0.1) is 13.8 Å². The largest absolute Gasteiger partial charge is 0.463 e. The maximum atomic E-state index is 12.5. The lowest BCUT2D eigenvalue weighted by Crippen LogP contribution is -2.31. The Morgan fingerprint density at radius 3 is 2.50 bits per heavy atom. The standard InChI is InChI=1S/C23H23N3O4/c1-14-8-9-20(12-15(14)2)26-22(28)11-10-21(25-26)30-17(4)23(29)24-19-7-5-6-18(13-19)16(3)27/h5-13,17H,1-4H3,(H,24,29). The molecule has 1 heterocycles. The second-order valence-electron chi connectivity index (χ2n) is 7.08. The third kappa shape index (κ3) is 4.81. The number of carbonyl (C=O) groups is 2. The second-order valence-corrected chi connectivity index (χ2v) is 7.08. The van der Waals surface area contributed by atoms with Crippen LogP contribution >= 0.6 is 0 Å². The molecule has 1 unspecified atom stereocenters. The van der Waals surface area contributed by atoms with E-state index in [1.807, 2.05) is 26.0 Å². The lowest BCUT2D eigenvalue weighted by Gasteiger charge is -2.15. The van der Waals surface area contributed by atoms with E-state index in [0.29, 0.717) is 16.9 Å². The van der Waals surface area contributed by atoms with Crippen molar-refractivity contribution in [2.75, 3.05) is 5.32 Å². The van der Waals surface area contributed by atoms with Crippen molar-refractivity contribution < 1.29 is 14.3 Å². The molecular weight excluding hydrogens is 382 g/mol. The van der Waals surface area contributed by atoms with E-state index in [1.165, 1.54) is 23.7 Å². The van der Waals surface area contributed by atoms with Crippen LogP contribution in [-0.4, -0.2) is 27.6 Å². The molecule has 0 bridgehead atoms. The zero-order chi connectivity index (χ0) is 21.8. The summed E-state index contributed by atoms with van der Waals surface area (Å²) >= 11 is 0. The van der Waals surface area contributed by atoms with Crippen LogP contribution in [-0.2, 0) is 4.79 Å². The predicted molar refractivity (Wildman–Crippen MR) is 114 cm³/mol. The van der Waals surface area contributed by atoms with Crippen molar-refractivity contribution in [1.82, 2.24) is 9.78 Å². The lowest BCUT2D eigenvalue weighted by atomic mass is 10.1. The highest BCUT2D eigenvalue weighted by Crippen LogP contribution is 2.15. The van der Waals surface area contributed by atoms with Gasteiger partial charge < -0.3 is 10.1 Å². The van der Waals surface area contributed by atoms with Gasteiger partial charge in [-0.05, 0) is 63.1 Å². The van der Waals surface area contributed by atoms with Crippen LogP contribution in [0.4, 0.5) is 5.69 Å². The van der Waals surface area contributed by atoms with Gasteiger partial charge in [0.1, 0.15) is 0 Å². The first kappa shape index (κ1) is 21.0. The van der Waals surface area contributed by atoms with Crippen molar-refractivity contribution in [3.8, 4) is 11.6 Å². The number of nitrogens with one attached hydrogen (secondary N) is 1. The molecule has 0 fully saturated rings. The molecule has 3 rings (SSSR count). The number of hydrogen-bond donors (Lipinski definition) is 1. The molecule has 154 valence electrons. The van der Waals surface area contributed by atoms with E-state index in [-0.39, 0.29) is 17.2 Å². The molecule has 1 atom stereocenters. The zero-order valence-corrected chi connectivity index (χ0v) is 17.3. The number of aryl methyl sites for hydroxylation is 2. The van der Waals surface area contributed by atoms with Crippen molar-refractivity contribution in [2.45, 2.75) is 33.8 Å². The van der Waals surface area contributed by atoms with Gasteiger partial charge in [-0.2, -0.15) is 4.68 Å². The Labute approximate surface area is 174 Å². The fourth-order valence-corrected chi connectivity index (χ4v) is 2.79. The summed E-state index contributed by atoms with van der Waals surface area (Å²) in [5, 5.41) is 6.95. The van der Waals surface area contributed by atoms with Gasteiger partial charge >= 0.3 is 0 Å². The van der Waals surface area contributed by atoms with Crippen LogP contribution in [0.3, 0.4) is 0 Å². The molecule has 2 aromatic carbocycles. The summed E-state index contributed by atoms with van der Waals surface area (Å²) in [6.45, 7) is 6.99. The van der Waals surface area contributed by atoms with Crippen molar-refractivity contribution in [3.63, 3.8) is 0 Å². The Bertz CT molecular complexity index is 1170. The maximum Gasteiger partial charge on any atom is 0.271 e. The molecule has 0 saturated heterocycles. The summed E-state index contributed by atoms with van der Waals surface area (Å²) in [5.74, 6) is -0.345. The first-order valence-electron chi connectivity index (χ1n) is 9.51. The third-order valence-electron chi connectivity index (χ3n) is 4.71. The van der Waals surface area contributed by atoms with Gasteiger partial charge in [0.05, 0.1) is 5.69 Å². The molecular formula is C23H23N3O4. The minimum absolute atomic E-state index is 0.0896. The number of Topliss-reactive ketones (excluding diaryl/α,β-unsaturated/α-hetero) is 1. The average Bonchev–Trinajstić information content (AvgIpc) is 2.71. The molecule has 0 radical (unpaired) electrons. The van der Waals surface area contributed by atoms with Crippen molar-refractivity contribution in [3.05, 3.63) is 81.6 Å². The minimum atomic E-state index is -0.871. The lowest BCUT2D eigenvalue weighted by molar-refractivity contribution is -0.122. The van der Waals surface area contributed by atoms with E-state index in [9.17, 15) is 14.4 Å². The highest BCUT2D eigenvalue weighted by atomic mass is 16.5. The van der Waals surface area contributed by atoms with Crippen LogP contribution in [0.2, 0.25) is 0 Å². The molecule has 0 aliphatic rings. The summed E-state index contributed by atoms with van der Waals surface area (Å²) in [6, 6.07) is 15.0. The molecule has 0 saturated carbocycles. The Morgan fingerprint density at radius 1 is 1.03 bits per heavy atom. The van der Waals surface area contributed by atoms with Gasteiger partial charge in [0, 0.05) is 23.4 Å². The Balaban J connectivity index is 1.76. The SMILES string of the molecule is CC(=O)c1cccc(NC(=O)C(C)Oc2ccc(=O)n(-c3ccc(C)c(C)c3)n2)c1. The van der Waals surface area contributed by atoms with E-state index in [2.05, 4.69) is 10.4 Å². The Morgan fingerprint density at radius 2 is 1.80 bits per heavy atom. The van der Waals surface area contributed by atoms with Crippen molar-refractivity contribution >= 4 is 17.4 Å². The van der Waals surface area contributed by atoms with E-state index in [0.717, 1.165) is 11.1 Å². The van der Waals surface area contributed by atoms with Crippen LogP contribution in [0.1, 0.15) is 35.3 Å². The van der Waals surface area contributed by atoms with Gasteiger partial charge in [0.2, 0.25) is 5.88 Å². The summed E-state index contributed by atoms with van der Waals surface area (Å²) < 4.78 is 6.89. The number of amides is 1. The second kappa shape index (κ2) is 8.73. The van der Waals surface area contributed by atoms with Crippen LogP contribution in [0.25, 0.3) is 5.69 Å². The molecule has 7 heteroatoms. The normalized spacial score (nSPS) is 11.6. The topological polar surface area (TPSA) is 90.3 Å². The van der Waals surface area contributed by atoms with E-state index >= 15 is 0 Å². The van der Waals surface area contributed by atoms with Crippen molar-refractivity contribution in [1.29, 1.82) is 0 Å². The molecule has 0 aliphatic heterocycles. The molecule has 3 aromatic rings. The van der Waals surface area contributed by atoms with E-state index in [4.69, 9.17) is 4.74 Å². The quantitative estimate of drug-likeness (QED) is 0.635. The van der Waals surface area contributed by atoms with Gasteiger partial charge in [-0.15, -0.1) is 5.10 Å². The first-order valence-corrected chi connectivity index (χ1v) is 9.51. The summed E-state index contributed by atoms with van der Waals surface area (Å²) in [4.78, 5) is 36.2. The minimum Gasteiger partial charge on any atom is -0.463 e. The number of carbonyl (C=O) groups excluding carboxylic acids is 2. The molecule has 1 aromatic heterocycles. The summed E-state index contributed by atoms with van der Waals surface area (Å²) in [5.41, 5.74) is 3.46. The van der Waals surface area contributed by atoms with Crippen LogP contribution in [0.5, 0.6) is 5.88 Å². The maximum absolute atomic E-state index is 12.5. The monoisotopic (exact) mass is 405 g/mol. The van der Waals surface area contributed by atoms with Gasteiger partial charge in [0.25, 0.3) is 11.5 Å². The molecule has 7 nitrogen and oxygen atoms in total. The number of hydrogen-bond acceptors (Lipinski definition) is 5. The number of ketones is 1. The van der Waals surface area contributed by atoms with E-state index in [1.54, 1.807) is 37.3 Å². The molecule has 0 spiro atoms. The number of rotatable bonds is 6. The zero-order valence-electron chi connectivity index (χ0n) is 17.3. The predicted octanol–water partition coefficient (Wildman–Crippen LogP) is 3.46. The summed E-state index contributed by atoms with van der Waals surface area (Å²) in [6.07, 6.45) is -0.871. The highest BCUT2D eigenvalue weighted by Gasteiger charge is 2.17. The number of nitrogens with zero attached hydrogens (tertiary/aromatic N) is 2. The first-order chi connectivity index (χ1) is 14.2. The number of benzene rings is 2. The van der Waals surface area contributed by atoms with E-state index < -0.39 is 12.0 Å². The third-order valence-corrected chi connectivity index (χ3v) is 4.71. The highest BCUT2D eigenvalue weighted by molar-refractivity contribution is 5.98. The number of aromatic nitrogens is 2. The van der Waals surface area contributed by atoms with Crippen LogP contribution < -0.4 is 15.6 Å². The fraction of sp³-hybridized carbons (Fsp3) is 0.217. The Hall–Kier alpha value is -3.74. The number of ether oxygens (including phenoxy) is 1. The van der Waals surface area contributed by atoms with Crippen molar-refractivity contribution in [2.24, 2.45) is 0 Å². The number of anilines is 1. The van der Waals surface area contributed by atoms with Gasteiger partial charge in [0.15, 0.2) is 11.9 Å². The fourth-order valence-electron chi connectivity index (χ4n) is 2.79. The smallest absolute Gasteiger partial charge is 0.271 e. The molecule has 1 N–H and O–H groups in total. The van der Waals surface area contributed by atoms with Gasteiger partial charge in [-0.1, -0.05) is 18.2 Å². The van der Waals surface area contributed by atoms with Gasteiger partial charge in [-0.3, -0.25) is 14.4 Å². The molecule has 30 heavy (non-hydrogen) atoms. The Kier molecular flexibility index (Phi) is 6.11. The average molecular weight is 405 g/mol. The molecule has 1 amide bonds. The molecule has 0 aliphatic carbocycles. The van der Waals surface area contributed by atoms with Crippen LogP contribution in [0.15, 0.2) is 59.4 Å². The summed E-state index contributed by atoms with van der Waals surface area (Å²) in [7, 11) is 0. The van der Waals surface area contributed by atoms with Gasteiger partial charge in [-0.25, -0.2) is 0 Å².